The SMILES string of the molecule is CC(C)NS(=O)(=O)c1cccc(C(=O)OCC(=O)NC(=O)NC2CCCC2)c1. The Morgan fingerprint density at radius 3 is 2.50 bits per heavy atom. The Morgan fingerprint density at radius 2 is 1.86 bits per heavy atom. The Morgan fingerprint density at radius 1 is 1.18 bits per heavy atom. The first-order valence-corrected chi connectivity index (χ1v) is 10.6. The van der Waals surface area contributed by atoms with Crippen molar-refractivity contribution in [1.82, 2.24) is 15.4 Å². The summed E-state index contributed by atoms with van der Waals surface area (Å²) >= 11 is 0. The molecule has 3 amide bonds. The first-order chi connectivity index (χ1) is 13.2. The molecule has 0 bridgehead atoms. The number of sulfonamides is 1. The average molecular weight is 411 g/mol. The summed E-state index contributed by atoms with van der Waals surface area (Å²) < 4.78 is 31.6. The minimum absolute atomic E-state index is 0.0187. The van der Waals surface area contributed by atoms with Crippen LogP contribution in [0.4, 0.5) is 4.79 Å². The molecular weight excluding hydrogens is 386 g/mol. The normalized spacial score (nSPS) is 14.7. The van der Waals surface area contributed by atoms with Crippen LogP contribution < -0.4 is 15.4 Å². The number of amides is 3. The summed E-state index contributed by atoms with van der Waals surface area (Å²) in [5.74, 6) is -1.64. The second-order valence-electron chi connectivity index (χ2n) is 6.88. The molecule has 0 unspecified atom stereocenters. The summed E-state index contributed by atoms with van der Waals surface area (Å²) in [7, 11) is -3.76. The van der Waals surface area contributed by atoms with Crippen LogP contribution >= 0.6 is 0 Å². The highest BCUT2D eigenvalue weighted by Gasteiger charge is 2.20. The van der Waals surface area contributed by atoms with Gasteiger partial charge in [-0.2, -0.15) is 0 Å². The van der Waals surface area contributed by atoms with E-state index in [0.29, 0.717) is 0 Å². The molecule has 1 saturated carbocycles. The molecule has 0 heterocycles. The summed E-state index contributed by atoms with van der Waals surface area (Å²) in [5, 5.41) is 4.78. The van der Waals surface area contributed by atoms with Gasteiger partial charge < -0.3 is 10.1 Å². The lowest BCUT2D eigenvalue weighted by atomic mass is 10.2. The maximum atomic E-state index is 12.2. The molecule has 1 aromatic rings. The molecule has 10 heteroatoms. The predicted molar refractivity (Wildman–Crippen MR) is 101 cm³/mol. The van der Waals surface area contributed by atoms with Crippen LogP contribution in [0.25, 0.3) is 0 Å². The molecule has 0 saturated heterocycles. The quantitative estimate of drug-likeness (QED) is 0.580. The molecule has 0 radical (unpaired) electrons. The lowest BCUT2D eigenvalue weighted by Gasteiger charge is -2.12. The number of hydrogen-bond donors (Lipinski definition) is 3. The number of carbonyl (C=O) groups is 3. The fourth-order valence-corrected chi connectivity index (χ4v) is 4.13. The number of esters is 1. The van der Waals surface area contributed by atoms with Gasteiger partial charge in [-0.1, -0.05) is 18.9 Å². The van der Waals surface area contributed by atoms with Crippen molar-refractivity contribution in [3.8, 4) is 0 Å². The molecule has 1 aromatic carbocycles. The fourth-order valence-electron chi connectivity index (χ4n) is 2.84. The zero-order valence-electron chi connectivity index (χ0n) is 15.9. The van der Waals surface area contributed by atoms with Crippen molar-refractivity contribution in [3.63, 3.8) is 0 Å². The van der Waals surface area contributed by atoms with Crippen molar-refractivity contribution < 1.29 is 27.5 Å². The van der Waals surface area contributed by atoms with Crippen LogP contribution in [0.15, 0.2) is 29.2 Å². The summed E-state index contributed by atoms with van der Waals surface area (Å²) in [6.07, 6.45) is 3.83. The molecule has 3 N–H and O–H groups in total. The maximum Gasteiger partial charge on any atom is 0.338 e. The van der Waals surface area contributed by atoms with Crippen molar-refractivity contribution in [1.29, 1.82) is 0 Å². The molecule has 28 heavy (non-hydrogen) atoms. The van der Waals surface area contributed by atoms with Crippen LogP contribution in [0.3, 0.4) is 0 Å². The number of carbonyl (C=O) groups excluding carboxylic acids is 3. The van der Waals surface area contributed by atoms with E-state index in [1.165, 1.54) is 18.2 Å². The molecule has 1 aliphatic rings. The van der Waals surface area contributed by atoms with Crippen LogP contribution in [0.1, 0.15) is 49.9 Å². The number of imide groups is 1. The molecule has 9 nitrogen and oxygen atoms in total. The van der Waals surface area contributed by atoms with Crippen molar-refractivity contribution in [2.75, 3.05) is 6.61 Å². The van der Waals surface area contributed by atoms with Gasteiger partial charge in [0.05, 0.1) is 10.5 Å². The van der Waals surface area contributed by atoms with E-state index in [2.05, 4.69) is 15.4 Å². The highest BCUT2D eigenvalue weighted by molar-refractivity contribution is 7.89. The molecule has 0 spiro atoms. The van der Waals surface area contributed by atoms with Crippen LogP contribution in [0.5, 0.6) is 0 Å². The molecular formula is C18H25N3O6S. The van der Waals surface area contributed by atoms with Crippen molar-refractivity contribution in [2.24, 2.45) is 0 Å². The molecule has 1 aliphatic carbocycles. The Hall–Kier alpha value is -2.46. The summed E-state index contributed by atoms with van der Waals surface area (Å²) in [5.41, 5.74) is -0.0187. The van der Waals surface area contributed by atoms with Gasteiger partial charge in [-0.05, 0) is 44.9 Å². The van der Waals surface area contributed by atoms with Gasteiger partial charge in [0.1, 0.15) is 0 Å². The second kappa shape index (κ2) is 9.65. The van der Waals surface area contributed by atoms with Gasteiger partial charge in [0.25, 0.3) is 5.91 Å². The van der Waals surface area contributed by atoms with Gasteiger partial charge in [-0.3, -0.25) is 10.1 Å². The smallest absolute Gasteiger partial charge is 0.338 e. The lowest BCUT2D eigenvalue weighted by Crippen LogP contribution is -2.45. The fraction of sp³-hybridized carbons (Fsp3) is 0.500. The highest BCUT2D eigenvalue weighted by atomic mass is 32.2. The van der Waals surface area contributed by atoms with E-state index in [4.69, 9.17) is 4.74 Å². The number of rotatable bonds is 7. The third-order valence-corrected chi connectivity index (χ3v) is 5.70. The van der Waals surface area contributed by atoms with E-state index in [-0.39, 0.29) is 22.5 Å². The number of ether oxygens (including phenoxy) is 1. The Balaban J connectivity index is 1.88. The van der Waals surface area contributed by atoms with E-state index in [1.54, 1.807) is 13.8 Å². The molecule has 0 aromatic heterocycles. The molecule has 1 fully saturated rings. The number of urea groups is 1. The van der Waals surface area contributed by atoms with Gasteiger partial charge >= 0.3 is 12.0 Å². The van der Waals surface area contributed by atoms with E-state index < -0.39 is 34.5 Å². The third kappa shape index (κ3) is 6.61. The van der Waals surface area contributed by atoms with Gasteiger partial charge in [0.2, 0.25) is 10.0 Å². The van der Waals surface area contributed by atoms with Gasteiger partial charge in [-0.15, -0.1) is 0 Å². The number of hydrogen-bond acceptors (Lipinski definition) is 6. The zero-order chi connectivity index (χ0) is 20.7. The van der Waals surface area contributed by atoms with Crippen LogP contribution in [-0.4, -0.2) is 45.0 Å². The van der Waals surface area contributed by atoms with Crippen molar-refractivity contribution in [3.05, 3.63) is 29.8 Å². The third-order valence-electron chi connectivity index (χ3n) is 4.05. The van der Waals surface area contributed by atoms with Gasteiger partial charge in [0, 0.05) is 12.1 Å². The summed E-state index contributed by atoms with van der Waals surface area (Å²) in [4.78, 5) is 35.5. The minimum Gasteiger partial charge on any atom is -0.452 e. The summed E-state index contributed by atoms with van der Waals surface area (Å²) in [6.45, 7) is 2.70. The van der Waals surface area contributed by atoms with Gasteiger partial charge in [-0.25, -0.2) is 22.7 Å². The standard InChI is InChI=1S/C18H25N3O6S/c1-12(2)21-28(25,26)15-9-5-6-13(10-15)17(23)27-11-16(22)20-18(24)19-14-7-3-4-8-14/h5-6,9-10,12,14,21H,3-4,7-8,11H2,1-2H3,(H2,19,20,22,24). The van der Waals surface area contributed by atoms with Crippen molar-refractivity contribution >= 4 is 27.9 Å². The molecule has 0 aliphatic heterocycles. The first-order valence-electron chi connectivity index (χ1n) is 9.07. The minimum atomic E-state index is -3.76. The highest BCUT2D eigenvalue weighted by Crippen LogP contribution is 2.17. The van der Waals surface area contributed by atoms with E-state index in [0.717, 1.165) is 31.7 Å². The second-order valence-corrected chi connectivity index (χ2v) is 8.60. The average Bonchev–Trinajstić information content (AvgIpc) is 3.11. The topological polar surface area (TPSA) is 131 Å². The van der Waals surface area contributed by atoms with E-state index in [9.17, 15) is 22.8 Å². The van der Waals surface area contributed by atoms with Crippen LogP contribution in [0.2, 0.25) is 0 Å². The largest absolute Gasteiger partial charge is 0.452 e. The number of nitrogens with one attached hydrogen (secondary N) is 3. The first kappa shape index (κ1) is 21.8. The lowest BCUT2D eigenvalue weighted by molar-refractivity contribution is -0.123. The van der Waals surface area contributed by atoms with Gasteiger partial charge in [0.15, 0.2) is 6.61 Å². The number of benzene rings is 1. The summed E-state index contributed by atoms with van der Waals surface area (Å²) in [6, 6.07) is 4.42. The molecule has 0 atom stereocenters. The monoisotopic (exact) mass is 411 g/mol. The van der Waals surface area contributed by atoms with Crippen molar-refractivity contribution in [2.45, 2.75) is 56.5 Å². The van der Waals surface area contributed by atoms with Crippen LogP contribution in [-0.2, 0) is 19.6 Å². The van der Waals surface area contributed by atoms with Crippen LogP contribution in [0, 0.1) is 0 Å². The predicted octanol–water partition coefficient (Wildman–Crippen LogP) is 1.30. The zero-order valence-corrected chi connectivity index (χ0v) is 16.7. The molecule has 154 valence electrons. The molecule has 2 rings (SSSR count). The Kier molecular flexibility index (Phi) is 7.53. The maximum absolute atomic E-state index is 12.2. The van der Waals surface area contributed by atoms with E-state index in [1.807, 2.05) is 0 Å². The Labute approximate surface area is 164 Å². The Bertz CT molecular complexity index is 831. The van der Waals surface area contributed by atoms with E-state index >= 15 is 0 Å².